The normalized spacial score (nSPS) is 19.1. The average Bonchev–Trinajstić information content (AvgIpc) is 2.57. The maximum atomic E-state index is 10.6. The molecule has 4 rings (SSSR count). The fourth-order valence-corrected chi connectivity index (χ4v) is 4.13. The largest absolute Gasteiger partial charge is 0.504 e. The number of methoxy groups -OCH3 is 1. The van der Waals surface area contributed by atoms with Gasteiger partial charge in [0.2, 0.25) is 0 Å². The molecular formula is C19H21NO3. The molecule has 0 unspecified atom stereocenters. The van der Waals surface area contributed by atoms with Crippen molar-refractivity contribution in [3.8, 4) is 22.6 Å². The molecule has 1 aliphatic carbocycles. The molecule has 1 heterocycles. The third-order valence-corrected chi connectivity index (χ3v) is 5.16. The smallest absolute Gasteiger partial charge is 0.165 e. The standard InChI is InChI=1S/C19H21NO3/c1-23-16-6-5-13-11-15-17-12(7-8-20(15)9-10-21)3-2-4-14(17)18(13)19(16)22/h2-6,15,21-22H,7-11H2,1H3/t15-/m1/s1. The van der Waals surface area contributed by atoms with E-state index < -0.39 is 0 Å². The van der Waals surface area contributed by atoms with E-state index in [4.69, 9.17) is 4.74 Å². The first-order valence-electron chi connectivity index (χ1n) is 8.10. The molecule has 2 N–H and O–H groups in total. The predicted octanol–water partition coefficient (Wildman–Crippen LogP) is 2.52. The summed E-state index contributed by atoms with van der Waals surface area (Å²) in [6.45, 7) is 1.84. The molecule has 1 aliphatic heterocycles. The number of fused-ring (bicyclic) bond motifs is 2. The predicted molar refractivity (Wildman–Crippen MR) is 88.9 cm³/mol. The van der Waals surface area contributed by atoms with Gasteiger partial charge < -0.3 is 14.9 Å². The molecule has 0 fully saturated rings. The highest BCUT2D eigenvalue weighted by Gasteiger charge is 2.35. The van der Waals surface area contributed by atoms with Gasteiger partial charge in [-0.1, -0.05) is 24.3 Å². The number of hydrogen-bond donors (Lipinski definition) is 2. The van der Waals surface area contributed by atoms with Crippen LogP contribution in [0.15, 0.2) is 30.3 Å². The number of β-amino-alcohol motifs (C(OH)–C–C–N with tert-alkyl or cyclic N) is 1. The maximum absolute atomic E-state index is 10.6. The lowest BCUT2D eigenvalue weighted by molar-refractivity contribution is 0.140. The zero-order chi connectivity index (χ0) is 16.0. The Bertz CT molecular complexity index is 757. The van der Waals surface area contributed by atoms with Gasteiger partial charge in [-0.3, -0.25) is 4.90 Å². The molecule has 23 heavy (non-hydrogen) atoms. The number of rotatable bonds is 3. The molecule has 0 saturated heterocycles. The molecule has 0 aromatic heterocycles. The minimum atomic E-state index is 0.175. The summed E-state index contributed by atoms with van der Waals surface area (Å²) in [6, 6.07) is 10.5. The van der Waals surface area contributed by atoms with Gasteiger partial charge in [0.15, 0.2) is 11.5 Å². The molecule has 2 aromatic carbocycles. The first-order chi connectivity index (χ1) is 11.2. The summed E-state index contributed by atoms with van der Waals surface area (Å²) in [6.07, 6.45) is 1.84. The van der Waals surface area contributed by atoms with E-state index in [0.29, 0.717) is 12.3 Å². The van der Waals surface area contributed by atoms with E-state index in [-0.39, 0.29) is 18.4 Å². The summed E-state index contributed by atoms with van der Waals surface area (Å²) < 4.78 is 5.29. The van der Waals surface area contributed by atoms with Crippen LogP contribution in [0.2, 0.25) is 0 Å². The van der Waals surface area contributed by atoms with Crippen LogP contribution < -0.4 is 4.74 Å². The van der Waals surface area contributed by atoms with Crippen LogP contribution in [-0.2, 0) is 12.8 Å². The van der Waals surface area contributed by atoms with E-state index in [1.54, 1.807) is 7.11 Å². The molecule has 2 aromatic rings. The molecule has 0 amide bonds. The molecular weight excluding hydrogens is 290 g/mol. The fraction of sp³-hybridized carbons (Fsp3) is 0.368. The van der Waals surface area contributed by atoms with Crippen molar-refractivity contribution >= 4 is 0 Å². The number of phenols is 1. The van der Waals surface area contributed by atoms with Gasteiger partial charge >= 0.3 is 0 Å². The van der Waals surface area contributed by atoms with Crippen LogP contribution in [0.25, 0.3) is 11.1 Å². The van der Waals surface area contributed by atoms with Gasteiger partial charge in [-0.25, -0.2) is 0 Å². The zero-order valence-electron chi connectivity index (χ0n) is 13.2. The zero-order valence-corrected chi connectivity index (χ0v) is 13.2. The highest BCUT2D eigenvalue weighted by Crippen LogP contribution is 2.50. The topological polar surface area (TPSA) is 52.9 Å². The van der Waals surface area contributed by atoms with Gasteiger partial charge in [-0.05, 0) is 41.2 Å². The Morgan fingerprint density at radius 1 is 1.22 bits per heavy atom. The van der Waals surface area contributed by atoms with E-state index in [1.165, 1.54) is 11.1 Å². The van der Waals surface area contributed by atoms with Crippen molar-refractivity contribution < 1.29 is 14.9 Å². The number of benzene rings is 2. The summed E-state index contributed by atoms with van der Waals surface area (Å²) in [7, 11) is 1.58. The van der Waals surface area contributed by atoms with Gasteiger partial charge in [0.25, 0.3) is 0 Å². The second-order valence-electron chi connectivity index (χ2n) is 6.26. The number of aliphatic hydroxyl groups is 1. The Balaban J connectivity index is 1.93. The summed E-state index contributed by atoms with van der Waals surface area (Å²) in [5.41, 5.74) is 5.82. The highest BCUT2D eigenvalue weighted by atomic mass is 16.5. The highest BCUT2D eigenvalue weighted by molar-refractivity contribution is 5.82. The average molecular weight is 311 g/mol. The van der Waals surface area contributed by atoms with Crippen LogP contribution in [0.4, 0.5) is 0 Å². The molecule has 120 valence electrons. The number of phenolic OH excluding ortho intramolecular Hbond substituents is 1. The Labute approximate surface area is 135 Å². The van der Waals surface area contributed by atoms with E-state index in [2.05, 4.69) is 29.2 Å². The number of ether oxygens (including phenoxy) is 1. The first-order valence-corrected chi connectivity index (χ1v) is 8.10. The third-order valence-electron chi connectivity index (χ3n) is 5.16. The molecule has 0 spiro atoms. The van der Waals surface area contributed by atoms with Crippen molar-refractivity contribution in [3.63, 3.8) is 0 Å². The van der Waals surface area contributed by atoms with Crippen molar-refractivity contribution in [2.75, 3.05) is 26.8 Å². The Morgan fingerprint density at radius 2 is 2.09 bits per heavy atom. The Hall–Kier alpha value is -2.04. The number of nitrogens with zero attached hydrogens (tertiary/aromatic N) is 1. The lowest BCUT2D eigenvalue weighted by atomic mass is 9.76. The van der Waals surface area contributed by atoms with Crippen molar-refractivity contribution in [1.82, 2.24) is 4.90 Å². The number of aliphatic hydroxyl groups excluding tert-OH is 1. The van der Waals surface area contributed by atoms with Crippen molar-refractivity contribution in [1.29, 1.82) is 0 Å². The van der Waals surface area contributed by atoms with Gasteiger partial charge in [0.1, 0.15) is 0 Å². The van der Waals surface area contributed by atoms with E-state index in [1.807, 2.05) is 6.07 Å². The van der Waals surface area contributed by atoms with Crippen LogP contribution in [0.1, 0.15) is 22.7 Å². The molecule has 4 heteroatoms. The summed E-state index contributed by atoms with van der Waals surface area (Å²) >= 11 is 0. The monoisotopic (exact) mass is 311 g/mol. The van der Waals surface area contributed by atoms with Crippen LogP contribution in [0.3, 0.4) is 0 Å². The van der Waals surface area contributed by atoms with Crippen LogP contribution in [0, 0.1) is 0 Å². The minimum absolute atomic E-state index is 0.175. The molecule has 0 saturated carbocycles. The fourth-order valence-electron chi connectivity index (χ4n) is 4.13. The first kappa shape index (κ1) is 14.5. The second kappa shape index (κ2) is 5.55. The number of aromatic hydroxyl groups is 1. The minimum Gasteiger partial charge on any atom is -0.504 e. The van der Waals surface area contributed by atoms with Gasteiger partial charge in [0.05, 0.1) is 13.7 Å². The molecule has 1 atom stereocenters. The van der Waals surface area contributed by atoms with Gasteiger partial charge in [-0.15, -0.1) is 0 Å². The van der Waals surface area contributed by atoms with Crippen LogP contribution in [-0.4, -0.2) is 41.9 Å². The Morgan fingerprint density at radius 3 is 2.87 bits per heavy atom. The van der Waals surface area contributed by atoms with Crippen molar-refractivity contribution in [2.24, 2.45) is 0 Å². The lowest BCUT2D eigenvalue weighted by Crippen LogP contribution is -2.39. The number of hydrogen-bond acceptors (Lipinski definition) is 4. The van der Waals surface area contributed by atoms with Crippen LogP contribution in [0.5, 0.6) is 11.5 Å². The van der Waals surface area contributed by atoms with Gasteiger partial charge in [0, 0.05) is 24.7 Å². The molecule has 2 aliphatic rings. The second-order valence-corrected chi connectivity index (χ2v) is 6.26. The molecule has 4 nitrogen and oxygen atoms in total. The quantitative estimate of drug-likeness (QED) is 0.914. The van der Waals surface area contributed by atoms with E-state index >= 15 is 0 Å². The van der Waals surface area contributed by atoms with Crippen LogP contribution >= 0.6 is 0 Å². The Kier molecular flexibility index (Phi) is 3.51. The molecule has 0 radical (unpaired) electrons. The van der Waals surface area contributed by atoms with Gasteiger partial charge in [-0.2, -0.15) is 0 Å². The maximum Gasteiger partial charge on any atom is 0.165 e. The van der Waals surface area contributed by atoms with Crippen molar-refractivity contribution in [3.05, 3.63) is 47.0 Å². The summed E-state index contributed by atoms with van der Waals surface area (Å²) in [5, 5.41) is 20.0. The summed E-state index contributed by atoms with van der Waals surface area (Å²) in [5.74, 6) is 0.749. The SMILES string of the molecule is COc1ccc2c(c1O)-c1cccc3c1[C@@H](C2)N(CCO)CC3. The summed E-state index contributed by atoms with van der Waals surface area (Å²) in [4.78, 5) is 2.36. The third kappa shape index (κ3) is 2.13. The van der Waals surface area contributed by atoms with Crippen molar-refractivity contribution in [2.45, 2.75) is 18.9 Å². The lowest BCUT2D eigenvalue weighted by Gasteiger charge is -2.41. The van der Waals surface area contributed by atoms with E-state index in [9.17, 15) is 10.2 Å². The molecule has 0 bridgehead atoms. The van der Waals surface area contributed by atoms with E-state index in [0.717, 1.165) is 36.1 Å².